The fourth-order valence-electron chi connectivity index (χ4n) is 2.41. The molecule has 1 aliphatic heterocycles. The second kappa shape index (κ2) is 6.69. The van der Waals surface area contributed by atoms with Gasteiger partial charge in [-0.15, -0.1) is 0 Å². The summed E-state index contributed by atoms with van der Waals surface area (Å²) in [6.45, 7) is 0.745. The first-order valence-electron chi connectivity index (χ1n) is 7.64. The molecule has 8 nitrogen and oxygen atoms in total. The van der Waals surface area contributed by atoms with Crippen LogP contribution in [-0.4, -0.2) is 43.4 Å². The van der Waals surface area contributed by atoms with Gasteiger partial charge in [0, 0.05) is 13.1 Å². The van der Waals surface area contributed by atoms with Crippen LogP contribution in [-0.2, 0) is 20.0 Å². The van der Waals surface area contributed by atoms with E-state index in [1.165, 1.54) is 37.4 Å². The van der Waals surface area contributed by atoms with Crippen molar-refractivity contribution in [2.45, 2.75) is 4.90 Å². The van der Waals surface area contributed by atoms with Crippen molar-refractivity contribution in [1.29, 1.82) is 0 Å². The highest BCUT2D eigenvalue weighted by atomic mass is 32.2. The second-order valence-electron chi connectivity index (χ2n) is 5.66. The van der Waals surface area contributed by atoms with Gasteiger partial charge in [-0.25, -0.2) is 16.8 Å². The Morgan fingerprint density at radius 2 is 1.62 bits per heavy atom. The van der Waals surface area contributed by atoms with E-state index in [2.05, 4.69) is 4.72 Å². The molecule has 2 aromatic rings. The van der Waals surface area contributed by atoms with E-state index in [1.807, 2.05) is 0 Å². The highest BCUT2D eigenvalue weighted by Crippen LogP contribution is 2.34. The molecule has 140 valence electrons. The van der Waals surface area contributed by atoms with E-state index >= 15 is 0 Å². The molecule has 0 saturated heterocycles. The minimum atomic E-state index is -3.96. The number of sulfonamides is 2. The molecular formula is C16H18N2O6S2. The Bertz CT molecular complexity index is 1030. The summed E-state index contributed by atoms with van der Waals surface area (Å²) in [5, 5.41) is 0. The Balaban J connectivity index is 1.96. The van der Waals surface area contributed by atoms with Crippen molar-refractivity contribution in [2.75, 3.05) is 35.5 Å². The smallest absolute Gasteiger partial charge is 0.262 e. The number of rotatable bonds is 5. The molecule has 0 bridgehead atoms. The maximum absolute atomic E-state index is 12.7. The summed E-state index contributed by atoms with van der Waals surface area (Å²) in [7, 11) is -6.15. The summed E-state index contributed by atoms with van der Waals surface area (Å²) in [5.74, 6) is 0.827. The largest absolute Gasteiger partial charge is 0.486 e. The summed E-state index contributed by atoms with van der Waals surface area (Å²) in [5.41, 5.74) is 0.367. The first-order valence-corrected chi connectivity index (χ1v) is 11.0. The van der Waals surface area contributed by atoms with Crippen molar-refractivity contribution in [3.8, 4) is 11.5 Å². The van der Waals surface area contributed by atoms with E-state index < -0.39 is 20.0 Å². The molecule has 1 N–H and O–H groups in total. The monoisotopic (exact) mass is 398 g/mol. The predicted octanol–water partition coefficient (Wildman–Crippen LogP) is 1.65. The molecule has 0 radical (unpaired) electrons. The average Bonchev–Trinajstić information content (AvgIpc) is 2.60. The maximum Gasteiger partial charge on any atom is 0.262 e. The zero-order valence-corrected chi connectivity index (χ0v) is 15.8. The highest BCUT2D eigenvalue weighted by Gasteiger charge is 2.22. The molecule has 3 rings (SSSR count). The normalized spacial score (nSPS) is 13.9. The van der Waals surface area contributed by atoms with Crippen LogP contribution in [0.4, 0.5) is 11.4 Å². The SMILES string of the molecule is CN(c1ccccc1NS(=O)(=O)c1ccc2c(c1)OCCO2)S(C)(=O)=O. The Labute approximate surface area is 152 Å². The zero-order chi connectivity index (χ0) is 18.9. The van der Waals surface area contributed by atoms with Crippen molar-refractivity contribution in [2.24, 2.45) is 0 Å². The summed E-state index contributed by atoms with van der Waals surface area (Å²) in [6.07, 6.45) is 1.04. The topological polar surface area (TPSA) is 102 Å². The summed E-state index contributed by atoms with van der Waals surface area (Å²) in [4.78, 5) is -0.0152. The van der Waals surface area contributed by atoms with Crippen LogP contribution in [0.1, 0.15) is 0 Å². The third-order valence-corrected chi connectivity index (χ3v) is 6.36. The van der Waals surface area contributed by atoms with Crippen molar-refractivity contribution >= 4 is 31.4 Å². The van der Waals surface area contributed by atoms with Crippen LogP contribution >= 0.6 is 0 Å². The van der Waals surface area contributed by atoms with Crippen molar-refractivity contribution in [3.05, 3.63) is 42.5 Å². The zero-order valence-electron chi connectivity index (χ0n) is 14.2. The van der Waals surface area contributed by atoms with E-state index in [1.54, 1.807) is 12.1 Å². The summed E-state index contributed by atoms with van der Waals surface area (Å²) < 4.78 is 63.3. The number of para-hydroxylation sites is 2. The second-order valence-corrected chi connectivity index (χ2v) is 9.35. The van der Waals surface area contributed by atoms with Crippen LogP contribution in [0.3, 0.4) is 0 Å². The lowest BCUT2D eigenvalue weighted by atomic mass is 10.3. The van der Waals surface area contributed by atoms with Crippen LogP contribution in [0.2, 0.25) is 0 Å². The molecule has 2 aromatic carbocycles. The molecule has 0 unspecified atom stereocenters. The van der Waals surface area contributed by atoms with Gasteiger partial charge < -0.3 is 9.47 Å². The molecule has 0 atom stereocenters. The molecule has 0 saturated carbocycles. The van der Waals surface area contributed by atoms with E-state index in [9.17, 15) is 16.8 Å². The first-order chi connectivity index (χ1) is 12.2. The number of benzene rings is 2. The fourth-order valence-corrected chi connectivity index (χ4v) is 4.01. The van der Waals surface area contributed by atoms with Gasteiger partial charge in [0.2, 0.25) is 10.0 Å². The number of anilines is 2. The molecule has 0 aliphatic carbocycles. The van der Waals surface area contributed by atoms with E-state index in [4.69, 9.17) is 9.47 Å². The molecule has 26 heavy (non-hydrogen) atoms. The number of ether oxygens (including phenoxy) is 2. The third-order valence-electron chi connectivity index (χ3n) is 3.81. The van der Waals surface area contributed by atoms with Gasteiger partial charge in [-0.3, -0.25) is 9.03 Å². The van der Waals surface area contributed by atoms with Gasteiger partial charge in [0.25, 0.3) is 10.0 Å². The lowest BCUT2D eigenvalue weighted by molar-refractivity contribution is 0.171. The van der Waals surface area contributed by atoms with E-state index in [-0.39, 0.29) is 16.3 Å². The van der Waals surface area contributed by atoms with E-state index in [0.29, 0.717) is 24.7 Å². The Morgan fingerprint density at radius 3 is 2.31 bits per heavy atom. The number of nitrogens with one attached hydrogen (secondary N) is 1. The molecule has 0 fully saturated rings. The van der Waals surface area contributed by atoms with Gasteiger partial charge in [0.1, 0.15) is 13.2 Å². The van der Waals surface area contributed by atoms with Gasteiger partial charge >= 0.3 is 0 Å². The van der Waals surface area contributed by atoms with Crippen LogP contribution < -0.4 is 18.5 Å². The lowest BCUT2D eigenvalue weighted by Crippen LogP contribution is -2.26. The number of fused-ring (bicyclic) bond motifs is 1. The predicted molar refractivity (Wildman–Crippen MR) is 97.9 cm³/mol. The molecule has 10 heteroatoms. The minimum Gasteiger partial charge on any atom is -0.486 e. The van der Waals surface area contributed by atoms with Gasteiger partial charge in [0.15, 0.2) is 11.5 Å². The van der Waals surface area contributed by atoms with E-state index in [0.717, 1.165) is 10.6 Å². The van der Waals surface area contributed by atoms with Crippen molar-refractivity contribution in [3.63, 3.8) is 0 Å². The number of hydrogen-bond acceptors (Lipinski definition) is 6. The quantitative estimate of drug-likeness (QED) is 0.822. The van der Waals surface area contributed by atoms with Crippen LogP contribution in [0.5, 0.6) is 11.5 Å². The molecule has 0 spiro atoms. The minimum absolute atomic E-state index is 0.0152. The molecule has 1 heterocycles. The highest BCUT2D eigenvalue weighted by molar-refractivity contribution is 7.93. The molecular weight excluding hydrogens is 380 g/mol. The standard InChI is InChI=1S/C16H18N2O6S2/c1-18(25(2,19)20)14-6-4-3-5-13(14)17-26(21,22)12-7-8-15-16(11-12)24-10-9-23-15/h3-8,11,17H,9-10H2,1-2H3. The number of nitrogens with zero attached hydrogens (tertiary/aromatic N) is 1. The van der Waals surface area contributed by atoms with Gasteiger partial charge in [-0.2, -0.15) is 0 Å². The summed E-state index contributed by atoms with van der Waals surface area (Å²) in [6, 6.07) is 10.5. The molecule has 0 aromatic heterocycles. The molecule has 0 amide bonds. The summed E-state index contributed by atoms with van der Waals surface area (Å²) >= 11 is 0. The van der Waals surface area contributed by atoms with Gasteiger partial charge in [-0.05, 0) is 24.3 Å². The Morgan fingerprint density at radius 1 is 0.962 bits per heavy atom. The Hall–Kier alpha value is -2.46. The van der Waals surface area contributed by atoms with Crippen LogP contribution in [0.25, 0.3) is 0 Å². The number of hydrogen-bond donors (Lipinski definition) is 1. The maximum atomic E-state index is 12.7. The van der Waals surface area contributed by atoms with Gasteiger partial charge in [0.05, 0.1) is 22.5 Å². The third kappa shape index (κ3) is 3.70. The van der Waals surface area contributed by atoms with Crippen LogP contribution in [0.15, 0.2) is 47.4 Å². The van der Waals surface area contributed by atoms with Crippen molar-refractivity contribution in [1.82, 2.24) is 0 Å². The van der Waals surface area contributed by atoms with Crippen LogP contribution in [0, 0.1) is 0 Å². The first kappa shape index (κ1) is 18.3. The molecule has 1 aliphatic rings. The van der Waals surface area contributed by atoms with Gasteiger partial charge in [-0.1, -0.05) is 12.1 Å². The lowest BCUT2D eigenvalue weighted by Gasteiger charge is -2.21. The van der Waals surface area contributed by atoms with Crippen molar-refractivity contribution < 1.29 is 26.3 Å². The average molecular weight is 398 g/mol. The Kier molecular flexibility index (Phi) is 4.72. The fraction of sp³-hybridized carbons (Fsp3) is 0.250.